The largest absolute Gasteiger partial charge is 0.490 e. The maximum atomic E-state index is 12.4. The van der Waals surface area contributed by atoms with Gasteiger partial charge in [0.15, 0.2) is 11.5 Å². The average Bonchev–Trinajstić information content (AvgIpc) is 3.05. The highest BCUT2D eigenvalue weighted by molar-refractivity contribution is 7.10. The summed E-state index contributed by atoms with van der Waals surface area (Å²) in [4.78, 5) is 27.4. The van der Waals surface area contributed by atoms with Crippen LogP contribution in [0.25, 0.3) is 0 Å². The van der Waals surface area contributed by atoms with Crippen LogP contribution < -0.4 is 14.8 Å². The van der Waals surface area contributed by atoms with E-state index >= 15 is 0 Å². The van der Waals surface area contributed by atoms with E-state index < -0.39 is 0 Å². The first-order valence-electron chi connectivity index (χ1n) is 8.91. The fourth-order valence-corrected chi connectivity index (χ4v) is 3.41. The molecule has 0 atom stereocenters. The molecule has 6 nitrogen and oxygen atoms in total. The van der Waals surface area contributed by atoms with Crippen LogP contribution in [0, 0.1) is 6.92 Å². The van der Waals surface area contributed by atoms with Crippen LogP contribution in [0.4, 0.5) is 0 Å². The number of nitrogens with zero attached hydrogens (tertiary/aromatic N) is 1. The smallest absolute Gasteiger partial charge is 0.251 e. The minimum Gasteiger partial charge on any atom is -0.490 e. The zero-order valence-corrected chi connectivity index (χ0v) is 17.0. The third kappa shape index (κ3) is 5.72. The Hall–Kier alpha value is -2.54. The van der Waals surface area contributed by atoms with E-state index in [1.807, 2.05) is 32.2 Å². The second-order valence-electron chi connectivity index (χ2n) is 5.99. The third-order valence-corrected chi connectivity index (χ3v) is 4.99. The lowest BCUT2D eigenvalue weighted by molar-refractivity contribution is -0.129. The Morgan fingerprint density at radius 2 is 1.81 bits per heavy atom. The number of carbonyl (C=O) groups excluding carboxylic acids is 2. The highest BCUT2D eigenvalue weighted by Crippen LogP contribution is 2.28. The van der Waals surface area contributed by atoms with Crippen molar-refractivity contribution in [2.75, 3.05) is 26.8 Å². The monoisotopic (exact) mass is 390 g/mol. The summed E-state index contributed by atoms with van der Waals surface area (Å²) in [5.41, 5.74) is 1.59. The zero-order chi connectivity index (χ0) is 19.8. The average molecular weight is 391 g/mol. The standard InChI is InChI=1S/C20H26N2O4S/c1-5-25-16-8-7-15(11-17(16)26-6-2)20(24)21-12-19(23)22(4)13-18-14(3)9-10-27-18/h7-11H,5-6,12-13H2,1-4H3,(H,21,24). The number of carbonyl (C=O) groups is 2. The van der Waals surface area contributed by atoms with E-state index in [4.69, 9.17) is 9.47 Å². The number of hydrogen-bond acceptors (Lipinski definition) is 5. The molecule has 0 radical (unpaired) electrons. The molecule has 1 aromatic carbocycles. The summed E-state index contributed by atoms with van der Waals surface area (Å²) in [5, 5.41) is 4.68. The number of benzene rings is 1. The molecule has 2 amide bonds. The van der Waals surface area contributed by atoms with Crippen molar-refractivity contribution in [1.29, 1.82) is 0 Å². The van der Waals surface area contributed by atoms with Crippen molar-refractivity contribution < 1.29 is 19.1 Å². The summed E-state index contributed by atoms with van der Waals surface area (Å²) >= 11 is 1.62. The van der Waals surface area contributed by atoms with Crippen molar-refractivity contribution in [3.63, 3.8) is 0 Å². The van der Waals surface area contributed by atoms with Crippen molar-refractivity contribution in [2.24, 2.45) is 0 Å². The quantitative estimate of drug-likeness (QED) is 0.714. The number of likely N-dealkylation sites (N-methyl/N-ethyl adjacent to an activating group) is 1. The molecule has 27 heavy (non-hydrogen) atoms. The number of amides is 2. The number of hydrogen-bond donors (Lipinski definition) is 1. The molecule has 0 aliphatic rings. The highest BCUT2D eigenvalue weighted by Gasteiger charge is 2.15. The zero-order valence-electron chi connectivity index (χ0n) is 16.2. The number of ether oxygens (including phenoxy) is 2. The predicted octanol–water partition coefficient (Wildman–Crippen LogP) is 3.24. The van der Waals surface area contributed by atoms with Gasteiger partial charge in [0.1, 0.15) is 0 Å². The van der Waals surface area contributed by atoms with Gasteiger partial charge in [-0.2, -0.15) is 0 Å². The molecular weight excluding hydrogens is 364 g/mol. The van der Waals surface area contributed by atoms with Gasteiger partial charge in [0.05, 0.1) is 26.3 Å². The van der Waals surface area contributed by atoms with Crippen LogP contribution in [0.15, 0.2) is 29.6 Å². The molecule has 1 heterocycles. The molecular formula is C20H26N2O4S. The van der Waals surface area contributed by atoms with Gasteiger partial charge in [0.25, 0.3) is 5.91 Å². The van der Waals surface area contributed by atoms with Crippen LogP contribution in [0.3, 0.4) is 0 Å². The van der Waals surface area contributed by atoms with Gasteiger partial charge in [-0.25, -0.2) is 0 Å². The van der Waals surface area contributed by atoms with Crippen LogP contribution in [0.1, 0.15) is 34.6 Å². The van der Waals surface area contributed by atoms with E-state index in [0.29, 0.717) is 36.8 Å². The summed E-state index contributed by atoms with van der Waals surface area (Å²) in [6, 6.07) is 7.03. The number of aryl methyl sites for hydroxylation is 1. The van der Waals surface area contributed by atoms with E-state index in [2.05, 4.69) is 5.32 Å². The van der Waals surface area contributed by atoms with Gasteiger partial charge in [-0.05, 0) is 56.0 Å². The molecule has 1 N–H and O–H groups in total. The fourth-order valence-electron chi connectivity index (χ4n) is 2.45. The van der Waals surface area contributed by atoms with Gasteiger partial charge >= 0.3 is 0 Å². The van der Waals surface area contributed by atoms with E-state index in [1.54, 1.807) is 41.5 Å². The molecule has 0 bridgehead atoms. The molecule has 0 saturated heterocycles. The topological polar surface area (TPSA) is 67.9 Å². The van der Waals surface area contributed by atoms with Crippen molar-refractivity contribution in [2.45, 2.75) is 27.3 Å². The minimum absolute atomic E-state index is 0.0586. The van der Waals surface area contributed by atoms with Gasteiger partial charge in [-0.1, -0.05) is 0 Å². The van der Waals surface area contributed by atoms with Crippen molar-refractivity contribution in [1.82, 2.24) is 10.2 Å². The molecule has 0 aliphatic heterocycles. The molecule has 1 aromatic heterocycles. The lowest BCUT2D eigenvalue weighted by Crippen LogP contribution is -2.37. The summed E-state index contributed by atoms with van der Waals surface area (Å²) in [6.07, 6.45) is 0. The Kier molecular flexibility index (Phi) is 7.67. The number of rotatable bonds is 9. The Morgan fingerprint density at radius 1 is 1.11 bits per heavy atom. The molecule has 0 saturated carbocycles. The minimum atomic E-state index is -0.326. The van der Waals surface area contributed by atoms with Crippen molar-refractivity contribution >= 4 is 23.2 Å². The number of thiophene rings is 1. The summed E-state index contributed by atoms with van der Waals surface area (Å²) in [5.74, 6) is 0.641. The Labute approximate surface area is 164 Å². The van der Waals surface area contributed by atoms with Crippen LogP contribution in [-0.2, 0) is 11.3 Å². The fraction of sp³-hybridized carbons (Fsp3) is 0.400. The molecule has 2 aromatic rings. The van der Waals surface area contributed by atoms with Gasteiger partial charge in [-0.3, -0.25) is 9.59 Å². The normalized spacial score (nSPS) is 10.4. The third-order valence-electron chi connectivity index (χ3n) is 3.98. The van der Waals surface area contributed by atoms with E-state index in [0.717, 1.165) is 4.88 Å². The molecule has 0 spiro atoms. The lowest BCUT2D eigenvalue weighted by atomic mass is 10.2. The first-order chi connectivity index (χ1) is 13.0. The first-order valence-corrected chi connectivity index (χ1v) is 9.79. The van der Waals surface area contributed by atoms with E-state index in [9.17, 15) is 9.59 Å². The SMILES string of the molecule is CCOc1ccc(C(=O)NCC(=O)N(C)Cc2sccc2C)cc1OCC. The first kappa shape index (κ1) is 20.8. The summed E-state index contributed by atoms with van der Waals surface area (Å²) < 4.78 is 11.0. The summed E-state index contributed by atoms with van der Waals surface area (Å²) in [7, 11) is 1.73. The predicted molar refractivity (Wildman–Crippen MR) is 107 cm³/mol. The highest BCUT2D eigenvalue weighted by atomic mass is 32.1. The second kappa shape index (κ2) is 9.97. The van der Waals surface area contributed by atoms with Crippen molar-refractivity contribution in [3.8, 4) is 11.5 Å². The van der Waals surface area contributed by atoms with Gasteiger partial charge in [0.2, 0.25) is 5.91 Å². The second-order valence-corrected chi connectivity index (χ2v) is 6.99. The maximum absolute atomic E-state index is 12.4. The molecule has 146 valence electrons. The molecule has 0 unspecified atom stereocenters. The Bertz CT molecular complexity index is 788. The van der Waals surface area contributed by atoms with E-state index in [1.165, 1.54) is 5.56 Å². The lowest BCUT2D eigenvalue weighted by Gasteiger charge is -2.17. The van der Waals surface area contributed by atoms with Gasteiger partial charge in [-0.15, -0.1) is 11.3 Å². The molecule has 2 rings (SSSR count). The number of nitrogens with one attached hydrogen (secondary N) is 1. The molecule has 0 fully saturated rings. The van der Waals surface area contributed by atoms with Crippen LogP contribution in [0.2, 0.25) is 0 Å². The van der Waals surface area contributed by atoms with Gasteiger partial charge < -0.3 is 19.7 Å². The van der Waals surface area contributed by atoms with Crippen LogP contribution in [0.5, 0.6) is 11.5 Å². The van der Waals surface area contributed by atoms with Crippen molar-refractivity contribution in [3.05, 3.63) is 45.6 Å². The maximum Gasteiger partial charge on any atom is 0.251 e. The van der Waals surface area contributed by atoms with E-state index in [-0.39, 0.29) is 18.4 Å². The Morgan fingerprint density at radius 3 is 2.44 bits per heavy atom. The van der Waals surface area contributed by atoms with Gasteiger partial charge in [0, 0.05) is 17.5 Å². The molecule has 7 heteroatoms. The Balaban J connectivity index is 1.95. The van der Waals surface area contributed by atoms with Crippen LogP contribution >= 0.6 is 11.3 Å². The van der Waals surface area contributed by atoms with Crippen LogP contribution in [-0.4, -0.2) is 43.5 Å². The molecule has 0 aliphatic carbocycles. The summed E-state index contributed by atoms with van der Waals surface area (Å²) in [6.45, 7) is 7.23.